The molecule has 2 aliphatic rings. The third-order valence-electron chi connectivity index (χ3n) is 6.17. The van der Waals surface area contributed by atoms with Crippen molar-refractivity contribution in [2.75, 3.05) is 25.0 Å². The summed E-state index contributed by atoms with van der Waals surface area (Å²) in [6.45, 7) is 2.00. The first-order valence-electron chi connectivity index (χ1n) is 11.4. The molecule has 2 saturated heterocycles. The third-order valence-corrected chi connectivity index (χ3v) is 6.17. The summed E-state index contributed by atoms with van der Waals surface area (Å²) in [5.41, 5.74) is 2.26. The number of benzene rings is 1. The Kier molecular flexibility index (Phi) is 6.26. The molecule has 170 valence electrons. The summed E-state index contributed by atoms with van der Waals surface area (Å²) in [7, 11) is 0. The number of anilines is 2. The molecule has 4 heterocycles. The van der Waals surface area contributed by atoms with Crippen molar-refractivity contribution in [3.63, 3.8) is 0 Å². The molecule has 0 spiro atoms. The lowest BCUT2D eigenvalue weighted by atomic mass is 9.95. The van der Waals surface area contributed by atoms with E-state index in [0.717, 1.165) is 42.8 Å². The normalized spacial score (nSPS) is 18.9. The van der Waals surface area contributed by atoms with Gasteiger partial charge in [0.1, 0.15) is 23.6 Å². The standard InChI is InChI=1S/C25H26FN5O2/c26-19-5-1-6-20(14-19)28-23-15-21(18-4-2-10-27-16-18)29-24(30-23)17-8-11-31(12-9-17)25(32)22-7-3-13-33-22/h1-2,4-6,10,14-17,22H,3,7-9,11-13H2,(H,28,29,30)/t22-/m0/s1. The maximum Gasteiger partial charge on any atom is 0.251 e. The van der Waals surface area contributed by atoms with Crippen molar-refractivity contribution < 1.29 is 13.9 Å². The summed E-state index contributed by atoms with van der Waals surface area (Å²) in [4.78, 5) is 28.4. The molecule has 8 heteroatoms. The fraction of sp³-hybridized carbons (Fsp3) is 0.360. The Morgan fingerprint density at radius 2 is 1.97 bits per heavy atom. The van der Waals surface area contributed by atoms with E-state index in [1.165, 1.54) is 12.1 Å². The molecule has 0 unspecified atom stereocenters. The largest absolute Gasteiger partial charge is 0.368 e. The zero-order chi connectivity index (χ0) is 22.6. The Morgan fingerprint density at radius 3 is 2.70 bits per heavy atom. The van der Waals surface area contributed by atoms with E-state index in [-0.39, 0.29) is 23.7 Å². The van der Waals surface area contributed by atoms with Gasteiger partial charge < -0.3 is 15.0 Å². The molecular formula is C25H26FN5O2. The molecule has 0 bridgehead atoms. The lowest BCUT2D eigenvalue weighted by Crippen LogP contribution is -2.43. The Balaban J connectivity index is 1.37. The van der Waals surface area contributed by atoms with Crippen LogP contribution in [-0.2, 0) is 9.53 Å². The summed E-state index contributed by atoms with van der Waals surface area (Å²) < 4.78 is 19.2. The summed E-state index contributed by atoms with van der Waals surface area (Å²) in [6, 6.07) is 12.0. The molecule has 1 amide bonds. The number of halogens is 1. The average Bonchev–Trinajstić information content (AvgIpc) is 3.39. The van der Waals surface area contributed by atoms with Crippen molar-refractivity contribution in [2.45, 2.75) is 37.7 Å². The number of amides is 1. The van der Waals surface area contributed by atoms with Crippen LogP contribution >= 0.6 is 0 Å². The van der Waals surface area contributed by atoms with Crippen LogP contribution < -0.4 is 5.32 Å². The maximum atomic E-state index is 13.7. The minimum atomic E-state index is -0.315. The summed E-state index contributed by atoms with van der Waals surface area (Å²) in [6.07, 6.45) is 6.53. The van der Waals surface area contributed by atoms with Gasteiger partial charge in [0.25, 0.3) is 5.91 Å². The predicted octanol–water partition coefficient (Wildman–Crippen LogP) is 4.31. The molecule has 5 rings (SSSR count). The van der Waals surface area contributed by atoms with Crippen molar-refractivity contribution in [2.24, 2.45) is 0 Å². The van der Waals surface area contributed by atoms with E-state index in [0.29, 0.717) is 31.2 Å². The number of nitrogens with one attached hydrogen (secondary N) is 1. The number of pyridine rings is 1. The van der Waals surface area contributed by atoms with Gasteiger partial charge in [-0.05, 0) is 56.0 Å². The zero-order valence-electron chi connectivity index (χ0n) is 18.3. The van der Waals surface area contributed by atoms with Crippen LogP contribution in [0.1, 0.15) is 37.4 Å². The van der Waals surface area contributed by atoms with Gasteiger partial charge in [-0.2, -0.15) is 0 Å². The van der Waals surface area contributed by atoms with E-state index in [2.05, 4.69) is 10.3 Å². The van der Waals surface area contributed by atoms with Crippen LogP contribution in [0.2, 0.25) is 0 Å². The van der Waals surface area contributed by atoms with Gasteiger partial charge in [0.15, 0.2) is 0 Å². The topological polar surface area (TPSA) is 80.2 Å². The van der Waals surface area contributed by atoms with Crippen molar-refractivity contribution in [1.29, 1.82) is 0 Å². The van der Waals surface area contributed by atoms with Gasteiger partial charge in [-0.3, -0.25) is 9.78 Å². The molecule has 1 N–H and O–H groups in total. The highest BCUT2D eigenvalue weighted by Crippen LogP contribution is 2.30. The van der Waals surface area contributed by atoms with Crippen molar-refractivity contribution in [3.8, 4) is 11.3 Å². The van der Waals surface area contributed by atoms with Crippen molar-refractivity contribution in [1.82, 2.24) is 19.9 Å². The number of hydrogen-bond donors (Lipinski definition) is 1. The molecule has 0 aliphatic carbocycles. The van der Waals surface area contributed by atoms with Crippen LogP contribution in [0.5, 0.6) is 0 Å². The number of carbonyl (C=O) groups is 1. The van der Waals surface area contributed by atoms with Crippen LogP contribution in [0.3, 0.4) is 0 Å². The molecule has 33 heavy (non-hydrogen) atoms. The highest BCUT2D eigenvalue weighted by atomic mass is 19.1. The maximum absolute atomic E-state index is 13.7. The van der Waals surface area contributed by atoms with Crippen LogP contribution in [0.4, 0.5) is 15.9 Å². The van der Waals surface area contributed by atoms with Gasteiger partial charge >= 0.3 is 0 Å². The molecule has 3 aromatic rings. The van der Waals surface area contributed by atoms with E-state index in [4.69, 9.17) is 14.7 Å². The van der Waals surface area contributed by atoms with E-state index in [1.807, 2.05) is 23.1 Å². The molecule has 7 nitrogen and oxygen atoms in total. The quantitative estimate of drug-likeness (QED) is 0.628. The minimum Gasteiger partial charge on any atom is -0.368 e. The smallest absolute Gasteiger partial charge is 0.251 e. The SMILES string of the molecule is O=C([C@@H]1CCCO1)N1CCC(c2nc(Nc3cccc(F)c3)cc(-c3cccnc3)n2)CC1. The highest BCUT2D eigenvalue weighted by Gasteiger charge is 2.32. The minimum absolute atomic E-state index is 0.101. The van der Waals surface area contributed by atoms with Crippen LogP contribution in [0.15, 0.2) is 54.9 Å². The second-order valence-electron chi connectivity index (χ2n) is 8.47. The van der Waals surface area contributed by atoms with Gasteiger partial charge in [-0.15, -0.1) is 0 Å². The van der Waals surface area contributed by atoms with E-state index >= 15 is 0 Å². The molecule has 1 aromatic carbocycles. The Bertz CT molecular complexity index is 1110. The molecular weight excluding hydrogens is 421 g/mol. The number of hydrogen-bond acceptors (Lipinski definition) is 6. The number of aromatic nitrogens is 3. The fourth-order valence-electron chi connectivity index (χ4n) is 4.42. The summed E-state index contributed by atoms with van der Waals surface area (Å²) in [5, 5.41) is 3.21. The number of piperidine rings is 1. The first-order chi connectivity index (χ1) is 16.2. The van der Waals surface area contributed by atoms with Gasteiger partial charge in [-0.25, -0.2) is 14.4 Å². The van der Waals surface area contributed by atoms with Crippen LogP contribution in [0, 0.1) is 5.82 Å². The van der Waals surface area contributed by atoms with Gasteiger partial charge in [0.2, 0.25) is 0 Å². The zero-order valence-corrected chi connectivity index (χ0v) is 18.3. The van der Waals surface area contributed by atoms with Crippen LogP contribution in [0.25, 0.3) is 11.3 Å². The van der Waals surface area contributed by atoms with Crippen molar-refractivity contribution in [3.05, 3.63) is 66.5 Å². The van der Waals surface area contributed by atoms with E-state index in [9.17, 15) is 9.18 Å². The summed E-state index contributed by atoms with van der Waals surface area (Å²) >= 11 is 0. The number of ether oxygens (including phenoxy) is 1. The summed E-state index contributed by atoms with van der Waals surface area (Å²) in [5.74, 6) is 1.24. The predicted molar refractivity (Wildman–Crippen MR) is 122 cm³/mol. The second-order valence-corrected chi connectivity index (χ2v) is 8.47. The number of carbonyl (C=O) groups excluding carboxylic acids is 1. The molecule has 2 fully saturated rings. The molecule has 1 atom stereocenters. The monoisotopic (exact) mass is 447 g/mol. The lowest BCUT2D eigenvalue weighted by Gasteiger charge is -2.32. The highest BCUT2D eigenvalue weighted by molar-refractivity contribution is 5.81. The third kappa shape index (κ3) is 5.01. The van der Waals surface area contributed by atoms with Crippen molar-refractivity contribution >= 4 is 17.4 Å². The second kappa shape index (κ2) is 9.62. The first kappa shape index (κ1) is 21.5. The van der Waals surface area contributed by atoms with E-state index < -0.39 is 0 Å². The Hall–Kier alpha value is -3.39. The molecule has 0 saturated carbocycles. The van der Waals surface area contributed by atoms with Gasteiger partial charge in [0, 0.05) is 55.3 Å². The fourth-order valence-corrected chi connectivity index (χ4v) is 4.42. The van der Waals surface area contributed by atoms with Gasteiger partial charge in [0.05, 0.1) is 5.69 Å². The lowest BCUT2D eigenvalue weighted by molar-refractivity contribution is -0.142. The first-order valence-corrected chi connectivity index (χ1v) is 11.4. The average molecular weight is 448 g/mol. The number of likely N-dealkylation sites (tertiary alicyclic amines) is 1. The molecule has 2 aliphatic heterocycles. The Labute approximate surface area is 192 Å². The van der Waals surface area contributed by atoms with Crippen LogP contribution in [-0.4, -0.2) is 51.6 Å². The number of nitrogens with zero attached hydrogens (tertiary/aromatic N) is 4. The molecule has 2 aromatic heterocycles. The molecule has 0 radical (unpaired) electrons. The number of rotatable bonds is 5. The Morgan fingerprint density at radius 1 is 1.09 bits per heavy atom. The van der Waals surface area contributed by atoms with Gasteiger partial charge in [-0.1, -0.05) is 6.07 Å². The van der Waals surface area contributed by atoms with E-state index in [1.54, 1.807) is 24.5 Å².